The monoisotopic (exact) mass is 213 g/mol. The van der Waals surface area contributed by atoms with Gasteiger partial charge in [0.15, 0.2) is 0 Å². The summed E-state index contributed by atoms with van der Waals surface area (Å²) in [6, 6.07) is 0.579. The molecule has 0 bridgehead atoms. The molecule has 0 amide bonds. The minimum Gasteiger partial charge on any atom is -0.388 e. The van der Waals surface area contributed by atoms with E-state index in [9.17, 15) is 0 Å². The molecule has 0 radical (unpaired) electrons. The number of nitrogens with zero attached hydrogens (tertiary/aromatic N) is 1. The van der Waals surface area contributed by atoms with E-state index >= 15 is 0 Å². The van der Waals surface area contributed by atoms with Gasteiger partial charge in [-0.15, -0.1) is 0 Å². The molecular formula is C12H27N3. The average molecular weight is 213 g/mol. The van der Waals surface area contributed by atoms with Crippen molar-refractivity contribution in [3.63, 3.8) is 0 Å². The zero-order valence-electron chi connectivity index (χ0n) is 10.9. The Morgan fingerprint density at radius 2 is 1.87 bits per heavy atom. The van der Waals surface area contributed by atoms with E-state index in [4.69, 9.17) is 11.1 Å². The fraction of sp³-hybridized carbons (Fsp3) is 0.917. The second-order valence-electron chi connectivity index (χ2n) is 5.50. The molecule has 1 unspecified atom stereocenters. The molecule has 0 aromatic rings. The van der Waals surface area contributed by atoms with E-state index in [1.165, 1.54) is 0 Å². The van der Waals surface area contributed by atoms with Crippen molar-refractivity contribution >= 4 is 5.84 Å². The first kappa shape index (κ1) is 14.4. The van der Waals surface area contributed by atoms with Gasteiger partial charge in [-0.3, -0.25) is 5.41 Å². The minimum atomic E-state index is 0.307. The molecular weight excluding hydrogens is 186 g/mol. The van der Waals surface area contributed by atoms with E-state index in [-0.39, 0.29) is 0 Å². The largest absolute Gasteiger partial charge is 0.388 e. The van der Waals surface area contributed by atoms with Crippen molar-refractivity contribution in [2.24, 2.45) is 11.1 Å². The van der Waals surface area contributed by atoms with Gasteiger partial charge in [0, 0.05) is 12.5 Å². The standard InChI is InChI=1S/C12H27N3/c1-10(12(2,3)4)15(5)9-7-6-8-11(13)14/h10H,6-9H2,1-5H3,(H3,13,14). The van der Waals surface area contributed by atoms with Gasteiger partial charge in [0.1, 0.15) is 0 Å². The molecule has 0 spiro atoms. The molecule has 0 aliphatic rings. The van der Waals surface area contributed by atoms with Crippen LogP contribution in [0.25, 0.3) is 0 Å². The minimum absolute atomic E-state index is 0.307. The van der Waals surface area contributed by atoms with Gasteiger partial charge in [-0.1, -0.05) is 20.8 Å². The number of amidine groups is 1. The van der Waals surface area contributed by atoms with Crippen molar-refractivity contribution in [1.82, 2.24) is 4.90 Å². The van der Waals surface area contributed by atoms with E-state index in [2.05, 4.69) is 39.6 Å². The SMILES string of the molecule is CC(N(C)CCCCC(=N)N)C(C)(C)C. The van der Waals surface area contributed by atoms with Gasteiger partial charge in [0.2, 0.25) is 0 Å². The first-order chi connectivity index (χ1) is 6.75. The number of hydrogen-bond acceptors (Lipinski definition) is 2. The highest BCUT2D eigenvalue weighted by Gasteiger charge is 2.23. The van der Waals surface area contributed by atoms with Gasteiger partial charge in [-0.25, -0.2) is 0 Å². The Morgan fingerprint density at radius 1 is 1.33 bits per heavy atom. The maximum absolute atomic E-state index is 7.13. The third-order valence-corrected chi connectivity index (χ3v) is 3.12. The lowest BCUT2D eigenvalue weighted by Crippen LogP contribution is -2.39. The first-order valence-corrected chi connectivity index (χ1v) is 5.78. The lowest BCUT2D eigenvalue weighted by Gasteiger charge is -2.35. The lowest BCUT2D eigenvalue weighted by molar-refractivity contribution is 0.139. The third kappa shape index (κ3) is 6.50. The molecule has 15 heavy (non-hydrogen) atoms. The van der Waals surface area contributed by atoms with Crippen molar-refractivity contribution in [3.8, 4) is 0 Å². The molecule has 0 aliphatic carbocycles. The maximum Gasteiger partial charge on any atom is 0.0905 e. The van der Waals surface area contributed by atoms with Gasteiger partial charge in [0.25, 0.3) is 0 Å². The summed E-state index contributed by atoms with van der Waals surface area (Å²) >= 11 is 0. The highest BCUT2D eigenvalue weighted by atomic mass is 15.1. The van der Waals surface area contributed by atoms with E-state index in [1.54, 1.807) is 0 Å². The summed E-state index contributed by atoms with van der Waals surface area (Å²) in [6.45, 7) is 10.2. The Labute approximate surface area is 94.5 Å². The quantitative estimate of drug-likeness (QED) is 0.404. The van der Waals surface area contributed by atoms with Crippen LogP contribution in [0.3, 0.4) is 0 Å². The van der Waals surface area contributed by atoms with Gasteiger partial charge >= 0.3 is 0 Å². The Kier molecular flexibility index (Phi) is 5.88. The van der Waals surface area contributed by atoms with E-state index in [1.807, 2.05) is 0 Å². The topological polar surface area (TPSA) is 53.1 Å². The van der Waals surface area contributed by atoms with Crippen LogP contribution in [0.1, 0.15) is 47.0 Å². The molecule has 0 heterocycles. The summed E-state index contributed by atoms with van der Waals surface area (Å²) in [5, 5.41) is 7.13. The van der Waals surface area contributed by atoms with Crippen LogP contribution in [0.4, 0.5) is 0 Å². The number of nitrogens with two attached hydrogens (primary N) is 1. The molecule has 3 heteroatoms. The zero-order chi connectivity index (χ0) is 12.1. The summed E-state index contributed by atoms with van der Waals surface area (Å²) in [6.07, 6.45) is 2.88. The summed E-state index contributed by atoms with van der Waals surface area (Å²) in [4.78, 5) is 2.39. The maximum atomic E-state index is 7.13. The molecule has 3 nitrogen and oxygen atoms in total. The highest BCUT2D eigenvalue weighted by molar-refractivity contribution is 5.76. The summed E-state index contributed by atoms with van der Waals surface area (Å²) in [7, 11) is 2.17. The molecule has 0 aliphatic heterocycles. The van der Waals surface area contributed by atoms with Gasteiger partial charge in [-0.2, -0.15) is 0 Å². The number of nitrogens with one attached hydrogen (secondary N) is 1. The summed E-state index contributed by atoms with van der Waals surface area (Å²) in [5.74, 6) is 0.307. The van der Waals surface area contributed by atoms with Crippen LogP contribution in [-0.2, 0) is 0 Å². The van der Waals surface area contributed by atoms with Crippen LogP contribution >= 0.6 is 0 Å². The summed E-state index contributed by atoms with van der Waals surface area (Å²) < 4.78 is 0. The molecule has 0 fully saturated rings. The van der Waals surface area contributed by atoms with Gasteiger partial charge in [-0.05, 0) is 38.8 Å². The van der Waals surface area contributed by atoms with Crippen molar-refractivity contribution < 1.29 is 0 Å². The van der Waals surface area contributed by atoms with Crippen LogP contribution < -0.4 is 5.73 Å². The highest BCUT2D eigenvalue weighted by Crippen LogP contribution is 2.23. The smallest absolute Gasteiger partial charge is 0.0905 e. The first-order valence-electron chi connectivity index (χ1n) is 5.78. The van der Waals surface area contributed by atoms with Crippen LogP contribution in [0.15, 0.2) is 0 Å². The van der Waals surface area contributed by atoms with Crippen LogP contribution in [0.2, 0.25) is 0 Å². The second-order valence-corrected chi connectivity index (χ2v) is 5.50. The molecule has 0 aromatic carbocycles. The summed E-state index contributed by atoms with van der Waals surface area (Å²) in [5.41, 5.74) is 5.64. The average Bonchev–Trinajstić information content (AvgIpc) is 2.09. The third-order valence-electron chi connectivity index (χ3n) is 3.12. The van der Waals surface area contributed by atoms with Crippen LogP contribution in [0, 0.1) is 10.8 Å². The second kappa shape index (κ2) is 6.11. The Hall–Kier alpha value is -0.570. The fourth-order valence-electron chi connectivity index (χ4n) is 1.53. The molecule has 90 valence electrons. The Bertz CT molecular complexity index is 194. The van der Waals surface area contributed by atoms with E-state index in [0.29, 0.717) is 17.3 Å². The molecule has 0 saturated carbocycles. The molecule has 0 rings (SSSR count). The number of hydrogen-bond donors (Lipinski definition) is 2. The molecule has 0 aromatic heterocycles. The van der Waals surface area contributed by atoms with Crippen molar-refractivity contribution in [2.75, 3.05) is 13.6 Å². The fourth-order valence-corrected chi connectivity index (χ4v) is 1.53. The van der Waals surface area contributed by atoms with E-state index < -0.39 is 0 Å². The Balaban J connectivity index is 3.74. The van der Waals surface area contributed by atoms with Crippen molar-refractivity contribution in [2.45, 2.75) is 53.0 Å². The molecule has 3 N–H and O–H groups in total. The number of unbranched alkanes of at least 4 members (excludes halogenated alkanes) is 1. The number of rotatable bonds is 6. The normalized spacial score (nSPS) is 14.3. The lowest BCUT2D eigenvalue weighted by atomic mass is 9.87. The molecule has 0 saturated heterocycles. The van der Waals surface area contributed by atoms with Crippen molar-refractivity contribution in [3.05, 3.63) is 0 Å². The Morgan fingerprint density at radius 3 is 2.27 bits per heavy atom. The molecule has 1 atom stereocenters. The van der Waals surface area contributed by atoms with Gasteiger partial charge < -0.3 is 10.6 Å². The van der Waals surface area contributed by atoms with Gasteiger partial charge in [0.05, 0.1) is 5.84 Å². The zero-order valence-corrected chi connectivity index (χ0v) is 10.9. The van der Waals surface area contributed by atoms with Crippen molar-refractivity contribution in [1.29, 1.82) is 5.41 Å². The predicted molar refractivity (Wildman–Crippen MR) is 67.3 cm³/mol. The van der Waals surface area contributed by atoms with Crippen LogP contribution in [0.5, 0.6) is 0 Å². The predicted octanol–water partition coefficient (Wildman–Crippen LogP) is 2.46. The van der Waals surface area contributed by atoms with E-state index in [0.717, 1.165) is 25.8 Å². The van der Waals surface area contributed by atoms with Crippen LogP contribution in [-0.4, -0.2) is 30.4 Å².